The normalized spacial score (nSPS) is 24.6. The molecule has 0 aromatic carbocycles. The molecule has 0 saturated carbocycles. The Hall–Kier alpha value is -1.36. The number of hydrogen-bond acceptors (Lipinski definition) is 3. The summed E-state index contributed by atoms with van der Waals surface area (Å²) in [6.07, 6.45) is 4.82. The molecule has 1 fully saturated rings. The fraction of sp³-hybridized carbons (Fsp3) is 0.692. The molecule has 0 aliphatic carbocycles. The van der Waals surface area contributed by atoms with Gasteiger partial charge in [-0.05, 0) is 12.3 Å². The SMILES string of the molecule is CCCn1cncc1CN1CC(C)C(C(=O)O)C1. The van der Waals surface area contributed by atoms with Crippen LogP contribution < -0.4 is 0 Å². The minimum atomic E-state index is -0.674. The molecule has 0 bridgehead atoms. The first-order valence-corrected chi connectivity index (χ1v) is 6.56. The van der Waals surface area contributed by atoms with E-state index in [-0.39, 0.29) is 11.8 Å². The van der Waals surface area contributed by atoms with Gasteiger partial charge in [-0.25, -0.2) is 4.98 Å². The summed E-state index contributed by atoms with van der Waals surface area (Å²) >= 11 is 0. The number of carboxylic acid groups (broad SMARTS) is 1. The maximum absolute atomic E-state index is 11.1. The van der Waals surface area contributed by atoms with Crippen LogP contribution in [0.5, 0.6) is 0 Å². The van der Waals surface area contributed by atoms with E-state index in [1.165, 1.54) is 5.69 Å². The van der Waals surface area contributed by atoms with Crippen molar-refractivity contribution in [2.24, 2.45) is 11.8 Å². The van der Waals surface area contributed by atoms with Gasteiger partial charge in [-0.3, -0.25) is 9.69 Å². The second-order valence-corrected chi connectivity index (χ2v) is 5.19. The van der Waals surface area contributed by atoms with E-state index < -0.39 is 5.97 Å². The van der Waals surface area contributed by atoms with Crippen LogP contribution in [-0.4, -0.2) is 38.6 Å². The van der Waals surface area contributed by atoms with Crippen LogP contribution in [0.1, 0.15) is 26.0 Å². The van der Waals surface area contributed by atoms with Crippen molar-refractivity contribution in [3.05, 3.63) is 18.2 Å². The van der Waals surface area contributed by atoms with Crippen LogP contribution in [0.4, 0.5) is 0 Å². The van der Waals surface area contributed by atoms with Crippen LogP contribution in [0, 0.1) is 11.8 Å². The molecule has 1 aromatic heterocycles. The molecule has 5 heteroatoms. The van der Waals surface area contributed by atoms with Crippen molar-refractivity contribution in [1.82, 2.24) is 14.5 Å². The monoisotopic (exact) mass is 251 g/mol. The van der Waals surface area contributed by atoms with Crippen LogP contribution >= 0.6 is 0 Å². The fourth-order valence-electron chi connectivity index (χ4n) is 2.67. The topological polar surface area (TPSA) is 58.4 Å². The molecule has 0 radical (unpaired) electrons. The highest BCUT2D eigenvalue weighted by Gasteiger charge is 2.34. The quantitative estimate of drug-likeness (QED) is 0.860. The minimum Gasteiger partial charge on any atom is -0.481 e. The molecular weight excluding hydrogens is 230 g/mol. The lowest BCUT2D eigenvalue weighted by Gasteiger charge is -2.16. The average molecular weight is 251 g/mol. The van der Waals surface area contributed by atoms with E-state index in [2.05, 4.69) is 21.4 Å². The molecule has 2 rings (SSSR count). The smallest absolute Gasteiger partial charge is 0.308 e. The maximum atomic E-state index is 11.1. The van der Waals surface area contributed by atoms with Gasteiger partial charge in [0.2, 0.25) is 0 Å². The summed E-state index contributed by atoms with van der Waals surface area (Å²) in [6, 6.07) is 0. The number of hydrogen-bond donors (Lipinski definition) is 1. The van der Waals surface area contributed by atoms with Crippen LogP contribution in [0.2, 0.25) is 0 Å². The van der Waals surface area contributed by atoms with Crippen molar-refractivity contribution >= 4 is 5.97 Å². The number of aliphatic carboxylic acids is 1. The third-order valence-corrected chi connectivity index (χ3v) is 3.65. The number of nitrogens with zero attached hydrogens (tertiary/aromatic N) is 3. The Balaban J connectivity index is 1.98. The van der Waals surface area contributed by atoms with Gasteiger partial charge in [0.1, 0.15) is 0 Å². The molecule has 1 aromatic rings. The van der Waals surface area contributed by atoms with Crippen molar-refractivity contribution in [2.45, 2.75) is 33.4 Å². The van der Waals surface area contributed by atoms with Gasteiger partial charge in [-0.15, -0.1) is 0 Å². The summed E-state index contributed by atoms with van der Waals surface area (Å²) in [5, 5.41) is 9.12. The number of imidazole rings is 1. The molecule has 1 aliphatic rings. The highest BCUT2D eigenvalue weighted by Crippen LogP contribution is 2.24. The lowest BCUT2D eigenvalue weighted by atomic mass is 9.99. The Labute approximate surface area is 107 Å². The van der Waals surface area contributed by atoms with Gasteiger partial charge in [-0.1, -0.05) is 13.8 Å². The lowest BCUT2D eigenvalue weighted by molar-refractivity contribution is -0.142. The number of carboxylic acids is 1. The average Bonchev–Trinajstić information content (AvgIpc) is 2.87. The molecule has 100 valence electrons. The second kappa shape index (κ2) is 5.52. The van der Waals surface area contributed by atoms with Gasteiger partial charge in [0.15, 0.2) is 0 Å². The van der Waals surface area contributed by atoms with Crippen molar-refractivity contribution in [1.29, 1.82) is 0 Å². The summed E-state index contributed by atoms with van der Waals surface area (Å²) in [4.78, 5) is 17.5. The molecule has 1 saturated heterocycles. The van der Waals surface area contributed by atoms with Gasteiger partial charge in [0.05, 0.1) is 17.9 Å². The van der Waals surface area contributed by atoms with E-state index in [9.17, 15) is 4.79 Å². The summed E-state index contributed by atoms with van der Waals surface area (Å²) in [5.41, 5.74) is 1.18. The van der Waals surface area contributed by atoms with E-state index in [0.29, 0.717) is 6.54 Å². The van der Waals surface area contributed by atoms with E-state index in [1.54, 1.807) is 0 Å². The van der Waals surface area contributed by atoms with Gasteiger partial charge < -0.3 is 9.67 Å². The van der Waals surface area contributed by atoms with Gasteiger partial charge in [-0.2, -0.15) is 0 Å². The molecule has 0 spiro atoms. The van der Waals surface area contributed by atoms with Crippen molar-refractivity contribution in [2.75, 3.05) is 13.1 Å². The van der Waals surface area contributed by atoms with E-state index in [0.717, 1.165) is 26.1 Å². The first kappa shape index (κ1) is 13.1. The Bertz CT molecular complexity index is 416. The summed E-state index contributed by atoms with van der Waals surface area (Å²) in [7, 11) is 0. The van der Waals surface area contributed by atoms with Crippen LogP contribution in [0.15, 0.2) is 12.5 Å². The summed E-state index contributed by atoms with van der Waals surface area (Å²) in [5.74, 6) is -0.676. The first-order valence-electron chi connectivity index (χ1n) is 6.56. The van der Waals surface area contributed by atoms with E-state index in [4.69, 9.17) is 5.11 Å². The highest BCUT2D eigenvalue weighted by atomic mass is 16.4. The van der Waals surface area contributed by atoms with Crippen molar-refractivity contribution in [3.63, 3.8) is 0 Å². The van der Waals surface area contributed by atoms with Gasteiger partial charge in [0, 0.05) is 32.4 Å². The Morgan fingerprint density at radius 3 is 2.94 bits per heavy atom. The minimum absolute atomic E-state index is 0.227. The fourth-order valence-corrected chi connectivity index (χ4v) is 2.67. The number of aromatic nitrogens is 2. The standard InChI is InChI=1S/C13H21N3O2/c1-3-4-16-9-14-5-11(16)7-15-6-10(2)12(8-15)13(17)18/h5,9-10,12H,3-4,6-8H2,1-2H3,(H,17,18). The highest BCUT2D eigenvalue weighted by molar-refractivity contribution is 5.71. The van der Waals surface area contributed by atoms with Crippen LogP contribution in [-0.2, 0) is 17.9 Å². The Kier molecular flexibility index (Phi) is 4.01. The third kappa shape index (κ3) is 2.72. The summed E-state index contributed by atoms with van der Waals surface area (Å²) in [6.45, 7) is 7.43. The predicted octanol–water partition coefficient (Wildman–Crippen LogP) is 1.45. The van der Waals surface area contributed by atoms with Crippen molar-refractivity contribution in [3.8, 4) is 0 Å². The molecule has 1 aliphatic heterocycles. The number of carbonyl (C=O) groups is 1. The molecule has 18 heavy (non-hydrogen) atoms. The van der Waals surface area contributed by atoms with Crippen LogP contribution in [0.25, 0.3) is 0 Å². The predicted molar refractivity (Wildman–Crippen MR) is 68.1 cm³/mol. The molecule has 0 amide bonds. The van der Waals surface area contributed by atoms with Crippen LogP contribution in [0.3, 0.4) is 0 Å². The van der Waals surface area contributed by atoms with Crippen molar-refractivity contribution < 1.29 is 9.90 Å². The zero-order valence-electron chi connectivity index (χ0n) is 11.0. The molecule has 5 nitrogen and oxygen atoms in total. The van der Waals surface area contributed by atoms with E-state index >= 15 is 0 Å². The maximum Gasteiger partial charge on any atom is 0.308 e. The Morgan fingerprint density at radius 2 is 2.33 bits per heavy atom. The molecule has 2 atom stereocenters. The van der Waals surface area contributed by atoms with E-state index in [1.807, 2.05) is 19.4 Å². The second-order valence-electron chi connectivity index (χ2n) is 5.19. The first-order chi connectivity index (χ1) is 8.61. The number of rotatable bonds is 5. The summed E-state index contributed by atoms with van der Waals surface area (Å²) < 4.78 is 2.15. The van der Waals surface area contributed by atoms with Gasteiger partial charge >= 0.3 is 5.97 Å². The number of aryl methyl sites for hydroxylation is 1. The third-order valence-electron chi connectivity index (χ3n) is 3.65. The Morgan fingerprint density at radius 1 is 1.56 bits per heavy atom. The molecule has 1 N–H and O–H groups in total. The molecular formula is C13H21N3O2. The number of likely N-dealkylation sites (tertiary alicyclic amines) is 1. The largest absolute Gasteiger partial charge is 0.481 e. The molecule has 2 heterocycles. The lowest BCUT2D eigenvalue weighted by Crippen LogP contribution is -2.24. The zero-order chi connectivity index (χ0) is 13.1. The zero-order valence-corrected chi connectivity index (χ0v) is 11.0. The van der Waals surface area contributed by atoms with Gasteiger partial charge in [0.25, 0.3) is 0 Å². The molecule has 2 unspecified atom stereocenters.